The van der Waals surface area contributed by atoms with Gasteiger partial charge in [0.2, 0.25) is 0 Å². The van der Waals surface area contributed by atoms with Crippen molar-refractivity contribution >= 4 is 5.91 Å². The number of rotatable bonds is 3. The summed E-state index contributed by atoms with van der Waals surface area (Å²) in [5.74, 6) is -0.138. The molecular weight excluding hydrogens is 266 g/mol. The third-order valence-electron chi connectivity index (χ3n) is 4.71. The van der Waals surface area contributed by atoms with Gasteiger partial charge < -0.3 is 14.7 Å². The fourth-order valence-corrected chi connectivity index (χ4v) is 3.49. The van der Waals surface area contributed by atoms with E-state index in [-0.39, 0.29) is 11.3 Å². The zero-order chi connectivity index (χ0) is 14.7. The van der Waals surface area contributed by atoms with E-state index in [2.05, 4.69) is 0 Å². The van der Waals surface area contributed by atoms with Crippen LogP contribution < -0.4 is 0 Å². The number of likely N-dealkylation sites (tertiary alicyclic amines) is 1. The van der Waals surface area contributed by atoms with Crippen molar-refractivity contribution < 1.29 is 14.6 Å². The normalized spacial score (nSPS) is 27.0. The first-order chi connectivity index (χ1) is 10.2. The van der Waals surface area contributed by atoms with Crippen LogP contribution in [-0.4, -0.2) is 48.3 Å². The van der Waals surface area contributed by atoms with Gasteiger partial charge in [-0.15, -0.1) is 0 Å². The van der Waals surface area contributed by atoms with Crippen LogP contribution in [0.15, 0.2) is 30.3 Å². The fraction of sp³-hybridized carbons (Fsp3) is 0.588. The molecule has 0 aliphatic carbocycles. The summed E-state index contributed by atoms with van der Waals surface area (Å²) in [6.07, 6.45) is 2.66. The van der Waals surface area contributed by atoms with E-state index in [1.165, 1.54) is 0 Å². The highest BCUT2D eigenvalue weighted by atomic mass is 16.5. The van der Waals surface area contributed by atoms with Crippen LogP contribution in [0.1, 0.15) is 24.8 Å². The Morgan fingerprint density at radius 1 is 1.33 bits per heavy atom. The van der Waals surface area contributed by atoms with Crippen LogP contribution in [0, 0.1) is 5.41 Å². The van der Waals surface area contributed by atoms with Gasteiger partial charge in [0.1, 0.15) is 6.10 Å². The number of ether oxygens (including phenoxy) is 1. The average Bonchev–Trinajstić information content (AvgIpc) is 2.92. The van der Waals surface area contributed by atoms with Gasteiger partial charge in [0.15, 0.2) is 0 Å². The number of benzene rings is 1. The third-order valence-corrected chi connectivity index (χ3v) is 4.71. The predicted octanol–water partition coefficient (Wildman–Crippen LogP) is 1.62. The maximum absolute atomic E-state index is 12.4. The SMILES string of the molecule is O=C([C@@H](O)Cc1ccccc1)N1CC[C@@]2(CCCOC2)C1. The monoisotopic (exact) mass is 289 g/mol. The largest absolute Gasteiger partial charge is 0.383 e. The zero-order valence-electron chi connectivity index (χ0n) is 12.3. The molecule has 21 heavy (non-hydrogen) atoms. The van der Waals surface area contributed by atoms with Crippen molar-refractivity contribution in [1.29, 1.82) is 0 Å². The van der Waals surface area contributed by atoms with Gasteiger partial charge in [-0.1, -0.05) is 30.3 Å². The van der Waals surface area contributed by atoms with Gasteiger partial charge in [0.05, 0.1) is 6.61 Å². The minimum atomic E-state index is -0.938. The lowest BCUT2D eigenvalue weighted by Gasteiger charge is -2.33. The summed E-state index contributed by atoms with van der Waals surface area (Å²) < 4.78 is 5.59. The Kier molecular flexibility index (Phi) is 4.27. The summed E-state index contributed by atoms with van der Waals surface area (Å²) in [5.41, 5.74) is 1.13. The molecule has 0 aromatic heterocycles. The summed E-state index contributed by atoms with van der Waals surface area (Å²) in [4.78, 5) is 14.2. The van der Waals surface area contributed by atoms with Gasteiger partial charge in [-0.25, -0.2) is 0 Å². The van der Waals surface area contributed by atoms with E-state index in [1.807, 2.05) is 35.2 Å². The van der Waals surface area contributed by atoms with Crippen molar-refractivity contribution in [2.45, 2.75) is 31.8 Å². The van der Waals surface area contributed by atoms with Crippen LogP contribution in [0.4, 0.5) is 0 Å². The molecule has 2 saturated heterocycles. The molecule has 4 heteroatoms. The van der Waals surface area contributed by atoms with Gasteiger partial charge in [-0.3, -0.25) is 4.79 Å². The number of aliphatic hydroxyl groups excluding tert-OH is 1. The van der Waals surface area contributed by atoms with Crippen LogP contribution in [0.3, 0.4) is 0 Å². The molecule has 1 N–H and O–H groups in total. The number of carbonyl (C=O) groups is 1. The average molecular weight is 289 g/mol. The number of nitrogens with zero attached hydrogens (tertiary/aromatic N) is 1. The summed E-state index contributed by atoms with van der Waals surface area (Å²) in [7, 11) is 0. The van der Waals surface area contributed by atoms with Gasteiger partial charge in [-0.2, -0.15) is 0 Å². The van der Waals surface area contributed by atoms with Crippen LogP contribution in [0.2, 0.25) is 0 Å². The van der Waals surface area contributed by atoms with Crippen molar-refractivity contribution in [3.63, 3.8) is 0 Å². The van der Waals surface area contributed by atoms with E-state index in [4.69, 9.17) is 4.74 Å². The molecular formula is C17H23NO3. The van der Waals surface area contributed by atoms with E-state index >= 15 is 0 Å². The lowest BCUT2D eigenvalue weighted by Crippen LogP contribution is -2.41. The smallest absolute Gasteiger partial charge is 0.251 e. The van der Waals surface area contributed by atoms with E-state index in [0.29, 0.717) is 6.42 Å². The topological polar surface area (TPSA) is 49.8 Å². The first kappa shape index (κ1) is 14.5. The second-order valence-corrected chi connectivity index (χ2v) is 6.37. The molecule has 1 amide bonds. The second-order valence-electron chi connectivity index (χ2n) is 6.37. The highest BCUT2D eigenvalue weighted by Gasteiger charge is 2.42. The van der Waals surface area contributed by atoms with Gasteiger partial charge in [0, 0.05) is 31.5 Å². The molecule has 2 fully saturated rings. The van der Waals surface area contributed by atoms with Crippen molar-refractivity contribution in [1.82, 2.24) is 4.90 Å². The van der Waals surface area contributed by atoms with Crippen molar-refractivity contribution in [2.24, 2.45) is 5.41 Å². The molecule has 1 spiro atoms. The van der Waals surface area contributed by atoms with Crippen molar-refractivity contribution in [3.8, 4) is 0 Å². The van der Waals surface area contributed by atoms with Crippen LogP contribution in [-0.2, 0) is 16.0 Å². The highest BCUT2D eigenvalue weighted by Crippen LogP contribution is 2.38. The van der Waals surface area contributed by atoms with E-state index in [9.17, 15) is 9.90 Å². The highest BCUT2D eigenvalue weighted by molar-refractivity contribution is 5.81. The lowest BCUT2D eigenvalue weighted by molar-refractivity contribution is -0.139. The molecule has 0 saturated carbocycles. The van der Waals surface area contributed by atoms with Crippen LogP contribution >= 0.6 is 0 Å². The van der Waals surface area contributed by atoms with E-state index in [0.717, 1.165) is 51.1 Å². The quantitative estimate of drug-likeness (QED) is 0.920. The summed E-state index contributed by atoms with van der Waals surface area (Å²) >= 11 is 0. The molecule has 3 rings (SSSR count). The van der Waals surface area contributed by atoms with Crippen LogP contribution in [0.25, 0.3) is 0 Å². The Hall–Kier alpha value is -1.39. The summed E-state index contributed by atoms with van der Waals surface area (Å²) in [5, 5.41) is 10.2. The number of hydrogen-bond acceptors (Lipinski definition) is 3. The second kappa shape index (κ2) is 6.16. The molecule has 2 atom stereocenters. The van der Waals surface area contributed by atoms with Crippen molar-refractivity contribution in [3.05, 3.63) is 35.9 Å². The Morgan fingerprint density at radius 3 is 2.86 bits per heavy atom. The number of amides is 1. The standard InChI is InChI=1S/C17H23NO3/c19-15(11-14-5-2-1-3-6-14)16(20)18-9-8-17(12-18)7-4-10-21-13-17/h1-3,5-6,15,19H,4,7-13H2/t15-,17-/m0/s1. The summed E-state index contributed by atoms with van der Waals surface area (Å²) in [6.45, 7) is 3.07. The third kappa shape index (κ3) is 3.27. The van der Waals surface area contributed by atoms with Crippen LogP contribution in [0.5, 0.6) is 0 Å². The molecule has 1 aromatic carbocycles. The molecule has 114 valence electrons. The molecule has 2 aliphatic heterocycles. The molecule has 2 aliphatic rings. The molecule has 2 heterocycles. The first-order valence-electron chi connectivity index (χ1n) is 7.77. The zero-order valence-corrected chi connectivity index (χ0v) is 12.3. The molecule has 4 nitrogen and oxygen atoms in total. The van der Waals surface area contributed by atoms with Gasteiger partial charge in [0.25, 0.3) is 5.91 Å². The molecule has 0 unspecified atom stereocenters. The minimum Gasteiger partial charge on any atom is -0.383 e. The number of aliphatic hydroxyl groups is 1. The Bertz CT molecular complexity index is 482. The Labute approximate surface area is 125 Å². The first-order valence-corrected chi connectivity index (χ1v) is 7.77. The number of carbonyl (C=O) groups excluding carboxylic acids is 1. The van der Waals surface area contributed by atoms with Crippen molar-refractivity contribution in [2.75, 3.05) is 26.3 Å². The maximum atomic E-state index is 12.4. The Balaban J connectivity index is 1.58. The van der Waals surface area contributed by atoms with Gasteiger partial charge >= 0.3 is 0 Å². The summed E-state index contributed by atoms with van der Waals surface area (Å²) in [6, 6.07) is 9.67. The minimum absolute atomic E-state index is 0.138. The Morgan fingerprint density at radius 2 is 2.14 bits per heavy atom. The lowest BCUT2D eigenvalue weighted by atomic mass is 9.82. The van der Waals surface area contributed by atoms with E-state index in [1.54, 1.807) is 0 Å². The molecule has 0 radical (unpaired) electrons. The van der Waals surface area contributed by atoms with Gasteiger partial charge in [-0.05, 0) is 24.8 Å². The predicted molar refractivity (Wildman–Crippen MR) is 79.8 cm³/mol. The maximum Gasteiger partial charge on any atom is 0.251 e. The number of hydrogen-bond donors (Lipinski definition) is 1. The fourth-order valence-electron chi connectivity index (χ4n) is 3.49. The molecule has 0 bridgehead atoms. The van der Waals surface area contributed by atoms with E-state index < -0.39 is 6.10 Å². The molecule has 1 aromatic rings.